The summed E-state index contributed by atoms with van der Waals surface area (Å²) in [6, 6.07) is 8.77. The Kier molecular flexibility index (Phi) is 7.35. The zero-order valence-electron chi connectivity index (χ0n) is 19.3. The minimum atomic E-state index is -0.669. The number of hydrogen-bond donors (Lipinski definition) is 0. The van der Waals surface area contributed by atoms with Crippen LogP contribution in [0.15, 0.2) is 30.3 Å². The molecule has 0 unspecified atom stereocenters. The maximum absolute atomic E-state index is 15.0. The molecule has 1 aliphatic carbocycles. The van der Waals surface area contributed by atoms with Gasteiger partial charge in [0, 0.05) is 29.7 Å². The molecule has 1 saturated carbocycles. The van der Waals surface area contributed by atoms with Crippen LogP contribution in [0.4, 0.5) is 4.39 Å². The maximum atomic E-state index is 15.0. The molecular formula is C26H30Cl2FNO3. The number of rotatable bonds is 6. The number of hydrogen-bond acceptors (Lipinski definition) is 4. The minimum Gasteiger partial charge on any atom is -0.456 e. The molecule has 1 aliphatic heterocycles. The first kappa shape index (κ1) is 24.5. The summed E-state index contributed by atoms with van der Waals surface area (Å²) in [7, 11) is 0. The van der Waals surface area contributed by atoms with Gasteiger partial charge in [-0.1, -0.05) is 23.2 Å². The Hall–Kier alpha value is -1.66. The third-order valence-corrected chi connectivity index (χ3v) is 6.30. The number of benzene rings is 2. The van der Waals surface area contributed by atoms with Gasteiger partial charge in [0.15, 0.2) is 0 Å². The van der Waals surface area contributed by atoms with Crippen molar-refractivity contribution in [2.45, 2.75) is 64.2 Å². The molecule has 2 aliphatic rings. The monoisotopic (exact) mass is 493 g/mol. The van der Waals surface area contributed by atoms with E-state index in [0.29, 0.717) is 35.5 Å². The third-order valence-electron chi connectivity index (χ3n) is 5.87. The number of morpholine rings is 1. The van der Waals surface area contributed by atoms with Crippen molar-refractivity contribution in [2.24, 2.45) is 0 Å². The number of ether oxygens (including phenoxy) is 2. The van der Waals surface area contributed by atoms with E-state index in [9.17, 15) is 9.18 Å². The van der Waals surface area contributed by atoms with Crippen LogP contribution in [-0.2, 0) is 22.4 Å². The van der Waals surface area contributed by atoms with Crippen molar-refractivity contribution >= 4 is 29.2 Å². The molecule has 7 heteroatoms. The second kappa shape index (κ2) is 9.91. The Bertz CT molecular complexity index is 1010. The zero-order valence-corrected chi connectivity index (χ0v) is 20.8. The van der Waals surface area contributed by atoms with E-state index < -0.39 is 17.4 Å². The van der Waals surface area contributed by atoms with Crippen LogP contribution in [0, 0.1) is 5.82 Å². The SMILES string of the molecule is CC(C)(C)OC(=O)c1cc(C2CC2)c(CN2CCO[C@H](Cc3cc(Cl)cc(Cl)c3)C2)cc1F. The van der Waals surface area contributed by atoms with Crippen molar-refractivity contribution < 1.29 is 18.7 Å². The van der Waals surface area contributed by atoms with Crippen LogP contribution in [0.5, 0.6) is 0 Å². The van der Waals surface area contributed by atoms with E-state index in [1.54, 1.807) is 32.9 Å². The van der Waals surface area contributed by atoms with Gasteiger partial charge in [0.2, 0.25) is 0 Å². The molecule has 0 amide bonds. The molecule has 1 heterocycles. The Balaban J connectivity index is 1.48. The lowest BCUT2D eigenvalue weighted by Crippen LogP contribution is -2.43. The Labute approximate surface area is 205 Å². The molecule has 0 bridgehead atoms. The smallest absolute Gasteiger partial charge is 0.341 e. The molecule has 1 atom stereocenters. The van der Waals surface area contributed by atoms with Gasteiger partial charge in [-0.25, -0.2) is 9.18 Å². The molecule has 0 aromatic heterocycles. The lowest BCUT2D eigenvalue weighted by Gasteiger charge is -2.33. The highest BCUT2D eigenvalue weighted by atomic mass is 35.5. The maximum Gasteiger partial charge on any atom is 0.341 e. The van der Waals surface area contributed by atoms with Crippen LogP contribution in [0.1, 0.15) is 66.6 Å². The first-order valence-corrected chi connectivity index (χ1v) is 12.2. The van der Waals surface area contributed by atoms with Crippen molar-refractivity contribution in [3.8, 4) is 0 Å². The van der Waals surface area contributed by atoms with Gasteiger partial charge in [-0.3, -0.25) is 4.90 Å². The molecule has 178 valence electrons. The highest BCUT2D eigenvalue weighted by Crippen LogP contribution is 2.43. The molecule has 0 spiro atoms. The summed E-state index contributed by atoms with van der Waals surface area (Å²) >= 11 is 12.3. The van der Waals surface area contributed by atoms with Crippen LogP contribution in [-0.4, -0.2) is 42.3 Å². The molecule has 0 radical (unpaired) electrons. The van der Waals surface area contributed by atoms with Gasteiger partial charge < -0.3 is 9.47 Å². The van der Waals surface area contributed by atoms with E-state index in [0.717, 1.165) is 42.6 Å². The quantitative estimate of drug-likeness (QED) is 0.435. The third kappa shape index (κ3) is 6.69. The average molecular weight is 494 g/mol. The highest BCUT2D eigenvalue weighted by Gasteiger charge is 2.31. The first-order chi connectivity index (χ1) is 15.6. The molecule has 1 saturated heterocycles. The average Bonchev–Trinajstić information content (AvgIpc) is 3.51. The lowest BCUT2D eigenvalue weighted by molar-refractivity contribution is -0.0305. The predicted molar refractivity (Wildman–Crippen MR) is 129 cm³/mol. The zero-order chi connectivity index (χ0) is 23.8. The molecule has 2 aromatic carbocycles. The van der Waals surface area contributed by atoms with Crippen LogP contribution in [0.2, 0.25) is 10.0 Å². The molecule has 0 N–H and O–H groups in total. The van der Waals surface area contributed by atoms with Crippen LogP contribution in [0.25, 0.3) is 0 Å². The number of esters is 1. The second-order valence-electron chi connectivity index (χ2n) is 10.0. The van der Waals surface area contributed by atoms with Crippen molar-refractivity contribution in [3.05, 3.63) is 68.4 Å². The predicted octanol–water partition coefficient (Wildman–Crippen LogP) is 6.41. The highest BCUT2D eigenvalue weighted by molar-refractivity contribution is 6.34. The number of carbonyl (C=O) groups excluding carboxylic acids is 1. The van der Waals surface area contributed by atoms with Crippen LogP contribution in [0.3, 0.4) is 0 Å². The fraction of sp³-hybridized carbons (Fsp3) is 0.500. The standard InChI is InChI=1S/C26H30Cl2FNO3/c1-26(2,3)33-25(31)23-13-22(17-4-5-17)18(11-24(23)29)14-30-6-7-32-21(15-30)10-16-8-19(27)12-20(28)9-16/h8-9,11-13,17,21H,4-7,10,14-15H2,1-3H3/t21-/m1/s1. The second-order valence-corrected chi connectivity index (χ2v) is 10.9. The van der Waals surface area contributed by atoms with Crippen molar-refractivity contribution in [1.29, 1.82) is 0 Å². The van der Waals surface area contributed by atoms with Gasteiger partial charge >= 0.3 is 5.97 Å². The molecular weight excluding hydrogens is 464 g/mol. The van der Waals surface area contributed by atoms with E-state index in [1.165, 1.54) is 6.07 Å². The van der Waals surface area contributed by atoms with Crippen molar-refractivity contribution in [3.63, 3.8) is 0 Å². The Morgan fingerprint density at radius 3 is 2.48 bits per heavy atom. The van der Waals surface area contributed by atoms with E-state index in [4.69, 9.17) is 32.7 Å². The molecule has 33 heavy (non-hydrogen) atoms. The topological polar surface area (TPSA) is 38.8 Å². The van der Waals surface area contributed by atoms with Gasteiger partial charge in [0.1, 0.15) is 11.4 Å². The van der Waals surface area contributed by atoms with Crippen molar-refractivity contribution in [1.82, 2.24) is 4.90 Å². The van der Waals surface area contributed by atoms with Crippen LogP contribution < -0.4 is 0 Å². The van der Waals surface area contributed by atoms with Gasteiger partial charge in [-0.15, -0.1) is 0 Å². The van der Waals surface area contributed by atoms with Crippen LogP contribution >= 0.6 is 23.2 Å². The summed E-state index contributed by atoms with van der Waals surface area (Å²) in [5, 5.41) is 1.22. The number of carbonyl (C=O) groups is 1. The Morgan fingerprint density at radius 2 is 1.85 bits per heavy atom. The number of halogens is 3. The molecule has 2 aromatic rings. The first-order valence-electron chi connectivity index (χ1n) is 11.4. The number of nitrogens with zero attached hydrogens (tertiary/aromatic N) is 1. The molecule has 2 fully saturated rings. The van der Waals surface area contributed by atoms with Crippen molar-refractivity contribution in [2.75, 3.05) is 19.7 Å². The van der Waals surface area contributed by atoms with Gasteiger partial charge in [-0.05, 0) is 93.0 Å². The lowest BCUT2D eigenvalue weighted by atomic mass is 9.98. The largest absolute Gasteiger partial charge is 0.456 e. The summed E-state index contributed by atoms with van der Waals surface area (Å²) in [6.07, 6.45) is 2.84. The molecule has 4 rings (SSSR count). The summed E-state index contributed by atoms with van der Waals surface area (Å²) in [6.45, 7) is 8.07. The normalized spacial score (nSPS) is 19.5. The Morgan fingerprint density at radius 1 is 1.15 bits per heavy atom. The van der Waals surface area contributed by atoms with Gasteiger partial charge in [-0.2, -0.15) is 0 Å². The summed E-state index contributed by atoms with van der Waals surface area (Å²) in [4.78, 5) is 14.8. The minimum absolute atomic E-state index is 0.00328. The summed E-state index contributed by atoms with van der Waals surface area (Å²) < 4.78 is 26.4. The fourth-order valence-corrected chi connectivity index (χ4v) is 4.88. The summed E-state index contributed by atoms with van der Waals surface area (Å²) in [5.41, 5.74) is 2.38. The fourth-order valence-electron chi connectivity index (χ4n) is 4.31. The van der Waals surface area contributed by atoms with E-state index in [1.807, 2.05) is 12.1 Å². The molecule has 4 nitrogen and oxygen atoms in total. The van der Waals surface area contributed by atoms with E-state index in [-0.39, 0.29) is 11.7 Å². The van der Waals surface area contributed by atoms with E-state index >= 15 is 0 Å². The van der Waals surface area contributed by atoms with Gasteiger partial charge in [0.25, 0.3) is 0 Å². The summed E-state index contributed by atoms with van der Waals surface area (Å²) in [5.74, 6) is -0.755. The van der Waals surface area contributed by atoms with E-state index in [2.05, 4.69) is 4.90 Å². The van der Waals surface area contributed by atoms with Gasteiger partial charge in [0.05, 0.1) is 18.3 Å².